The molecular formula is C15H12N6O2S. The van der Waals surface area contributed by atoms with E-state index in [1.165, 1.54) is 30.5 Å². The first-order valence-electron chi connectivity index (χ1n) is 6.64. The number of anilines is 2. The fourth-order valence-electron chi connectivity index (χ4n) is 1.63. The Morgan fingerprint density at radius 1 is 1.12 bits per heavy atom. The topological polar surface area (TPSA) is 131 Å². The van der Waals surface area contributed by atoms with Gasteiger partial charge < -0.3 is 0 Å². The van der Waals surface area contributed by atoms with Gasteiger partial charge in [0.1, 0.15) is 18.0 Å². The number of hydrogen-bond donors (Lipinski definition) is 2. The minimum Gasteiger partial charge on any atom is -0.275 e. The Morgan fingerprint density at radius 2 is 1.79 bits per heavy atom. The molecule has 0 aliphatic carbocycles. The van der Waals surface area contributed by atoms with Crippen molar-refractivity contribution >= 4 is 27.2 Å². The molecule has 2 N–H and O–H groups in total. The third-order valence-corrected chi connectivity index (χ3v) is 4.21. The second-order valence-electron chi connectivity index (χ2n) is 4.65. The van der Waals surface area contributed by atoms with E-state index in [2.05, 4.69) is 20.2 Å². The van der Waals surface area contributed by atoms with Crippen LogP contribution in [0.3, 0.4) is 0 Å². The smallest absolute Gasteiger partial charge is 0.263 e. The van der Waals surface area contributed by atoms with Crippen molar-refractivity contribution in [1.29, 1.82) is 10.5 Å². The molecule has 1 aromatic heterocycles. The lowest BCUT2D eigenvalue weighted by atomic mass is 10.2. The van der Waals surface area contributed by atoms with Crippen molar-refractivity contribution in [3.63, 3.8) is 0 Å². The maximum atomic E-state index is 12.2. The van der Waals surface area contributed by atoms with Gasteiger partial charge in [-0.3, -0.25) is 10.1 Å². The van der Waals surface area contributed by atoms with Crippen LogP contribution < -0.4 is 10.1 Å². The van der Waals surface area contributed by atoms with Crippen molar-refractivity contribution in [2.24, 2.45) is 5.10 Å². The van der Waals surface area contributed by atoms with E-state index in [0.29, 0.717) is 5.69 Å². The van der Waals surface area contributed by atoms with E-state index >= 15 is 0 Å². The minimum absolute atomic E-state index is 0.130. The lowest BCUT2D eigenvalue weighted by Crippen LogP contribution is -2.13. The number of pyridine rings is 1. The van der Waals surface area contributed by atoms with Crippen molar-refractivity contribution < 1.29 is 8.42 Å². The molecule has 24 heavy (non-hydrogen) atoms. The van der Waals surface area contributed by atoms with Gasteiger partial charge in [-0.05, 0) is 31.2 Å². The molecule has 0 bridgehead atoms. The molecule has 0 spiro atoms. The molecule has 1 aromatic carbocycles. The molecule has 0 radical (unpaired) electrons. The van der Waals surface area contributed by atoms with Crippen LogP contribution in [-0.2, 0) is 10.0 Å². The molecule has 0 aliphatic heterocycles. The number of hydrogen-bond acceptors (Lipinski definition) is 7. The molecule has 0 aliphatic rings. The average Bonchev–Trinajstić information content (AvgIpc) is 2.57. The summed E-state index contributed by atoms with van der Waals surface area (Å²) < 4.78 is 26.8. The van der Waals surface area contributed by atoms with E-state index in [9.17, 15) is 8.42 Å². The monoisotopic (exact) mass is 340 g/mol. The number of rotatable bonds is 5. The number of nitrogens with zero attached hydrogens (tertiary/aromatic N) is 4. The summed E-state index contributed by atoms with van der Waals surface area (Å²) in [6.45, 7) is 1.86. The van der Waals surface area contributed by atoms with Gasteiger partial charge in [0.2, 0.25) is 5.71 Å². The standard InChI is InChI=1S/C15H12N6O2S/c1-11-2-5-14(6-3-11)24(22,23)21-15-7-4-12(10-18-15)19-20-13(8-16)9-17/h2-7,10,19H,1H3,(H,18,21). The summed E-state index contributed by atoms with van der Waals surface area (Å²) in [5.74, 6) is 0.130. The number of hydrazone groups is 1. The van der Waals surface area contributed by atoms with E-state index < -0.39 is 10.0 Å². The highest BCUT2D eigenvalue weighted by atomic mass is 32.2. The number of nitrogens with one attached hydrogen (secondary N) is 2. The molecule has 1 heterocycles. The predicted octanol–water partition coefficient (Wildman–Crippen LogP) is 2.01. The van der Waals surface area contributed by atoms with Crippen molar-refractivity contribution in [2.45, 2.75) is 11.8 Å². The van der Waals surface area contributed by atoms with E-state index in [4.69, 9.17) is 10.5 Å². The van der Waals surface area contributed by atoms with E-state index in [0.717, 1.165) is 5.56 Å². The average molecular weight is 340 g/mol. The van der Waals surface area contributed by atoms with Crippen LogP contribution in [0.5, 0.6) is 0 Å². The van der Waals surface area contributed by atoms with Crippen LogP contribution >= 0.6 is 0 Å². The summed E-state index contributed by atoms with van der Waals surface area (Å²) in [7, 11) is -3.72. The normalized spacial score (nSPS) is 10.1. The highest BCUT2D eigenvalue weighted by Gasteiger charge is 2.14. The van der Waals surface area contributed by atoms with Crippen molar-refractivity contribution in [3.8, 4) is 12.1 Å². The molecule has 0 atom stereocenters. The second-order valence-corrected chi connectivity index (χ2v) is 6.33. The first-order chi connectivity index (χ1) is 11.4. The van der Waals surface area contributed by atoms with Crippen molar-refractivity contribution in [1.82, 2.24) is 4.98 Å². The first-order valence-corrected chi connectivity index (χ1v) is 8.12. The van der Waals surface area contributed by atoms with Crippen LogP contribution in [0.15, 0.2) is 52.6 Å². The predicted molar refractivity (Wildman–Crippen MR) is 88.5 cm³/mol. The number of aromatic nitrogens is 1. The zero-order chi connectivity index (χ0) is 17.6. The maximum Gasteiger partial charge on any atom is 0.263 e. The first kappa shape index (κ1) is 16.9. The molecule has 0 fully saturated rings. The summed E-state index contributed by atoms with van der Waals surface area (Å²) in [6, 6.07) is 12.6. The van der Waals surface area contributed by atoms with Gasteiger partial charge in [0.05, 0.1) is 16.8 Å². The van der Waals surface area contributed by atoms with Gasteiger partial charge in [-0.25, -0.2) is 13.4 Å². The van der Waals surface area contributed by atoms with Gasteiger partial charge in [-0.15, -0.1) is 0 Å². The number of aryl methyl sites for hydroxylation is 1. The molecule has 2 aromatic rings. The maximum absolute atomic E-state index is 12.2. The van der Waals surface area contributed by atoms with Crippen LogP contribution in [-0.4, -0.2) is 19.1 Å². The van der Waals surface area contributed by atoms with E-state index in [1.54, 1.807) is 24.3 Å². The van der Waals surface area contributed by atoms with Gasteiger partial charge in [0.15, 0.2) is 0 Å². The summed E-state index contributed by atoms with van der Waals surface area (Å²) in [5, 5.41) is 20.7. The third kappa shape index (κ3) is 4.29. The Kier molecular flexibility index (Phi) is 5.09. The fraction of sp³-hybridized carbons (Fsp3) is 0.0667. The van der Waals surface area contributed by atoms with E-state index in [1.807, 2.05) is 6.92 Å². The molecule has 2 rings (SSSR count). The summed E-state index contributed by atoms with van der Waals surface area (Å²) in [6.07, 6.45) is 1.32. The van der Waals surface area contributed by atoms with Crippen LogP contribution in [0.25, 0.3) is 0 Å². The Hall–Kier alpha value is -3.43. The Balaban J connectivity index is 2.12. The molecular weight excluding hydrogens is 328 g/mol. The molecule has 9 heteroatoms. The zero-order valence-corrected chi connectivity index (χ0v) is 13.4. The Labute approximate surface area is 139 Å². The molecule has 0 saturated carbocycles. The van der Waals surface area contributed by atoms with Crippen LogP contribution in [0, 0.1) is 29.6 Å². The van der Waals surface area contributed by atoms with Crippen molar-refractivity contribution in [3.05, 3.63) is 48.2 Å². The highest BCUT2D eigenvalue weighted by Crippen LogP contribution is 2.16. The van der Waals surface area contributed by atoms with Crippen molar-refractivity contribution in [2.75, 3.05) is 10.1 Å². The molecule has 0 saturated heterocycles. The lowest BCUT2D eigenvalue weighted by molar-refractivity contribution is 0.601. The fourth-order valence-corrected chi connectivity index (χ4v) is 2.64. The summed E-state index contributed by atoms with van der Waals surface area (Å²) in [5.41, 5.74) is 3.50. The molecule has 0 unspecified atom stereocenters. The van der Waals surface area contributed by atoms with Gasteiger partial charge in [0, 0.05) is 0 Å². The molecule has 8 nitrogen and oxygen atoms in total. The van der Waals surface area contributed by atoms with Gasteiger partial charge in [-0.2, -0.15) is 15.6 Å². The third-order valence-electron chi connectivity index (χ3n) is 2.84. The number of sulfonamides is 1. The minimum atomic E-state index is -3.72. The van der Waals surface area contributed by atoms with Crippen LogP contribution in [0.4, 0.5) is 11.5 Å². The Morgan fingerprint density at radius 3 is 2.33 bits per heavy atom. The summed E-state index contributed by atoms with van der Waals surface area (Å²) >= 11 is 0. The second kappa shape index (κ2) is 7.22. The summed E-state index contributed by atoms with van der Waals surface area (Å²) in [4.78, 5) is 4.08. The quantitative estimate of drug-likeness (QED) is 0.632. The molecule has 120 valence electrons. The van der Waals surface area contributed by atoms with E-state index in [-0.39, 0.29) is 16.4 Å². The molecule has 0 amide bonds. The Bertz CT molecular complexity index is 919. The highest BCUT2D eigenvalue weighted by molar-refractivity contribution is 7.92. The SMILES string of the molecule is Cc1ccc(S(=O)(=O)Nc2ccc(NN=C(C#N)C#N)cn2)cc1. The van der Waals surface area contributed by atoms with Gasteiger partial charge in [0.25, 0.3) is 10.0 Å². The largest absolute Gasteiger partial charge is 0.275 e. The number of benzene rings is 1. The van der Waals surface area contributed by atoms with Crippen LogP contribution in [0.1, 0.15) is 5.56 Å². The van der Waals surface area contributed by atoms with Gasteiger partial charge in [-0.1, -0.05) is 17.7 Å². The zero-order valence-electron chi connectivity index (χ0n) is 12.6. The van der Waals surface area contributed by atoms with Crippen LogP contribution in [0.2, 0.25) is 0 Å². The number of nitriles is 2. The van der Waals surface area contributed by atoms with Gasteiger partial charge >= 0.3 is 0 Å². The lowest BCUT2D eigenvalue weighted by Gasteiger charge is -2.08.